The molecule has 3 aromatic rings. The third kappa shape index (κ3) is 3.01. The Balaban J connectivity index is 1.51. The predicted octanol–water partition coefficient (Wildman–Crippen LogP) is 3.60. The number of halogens is 2. The number of nitrogens with one attached hydrogen (secondary N) is 2. The molecule has 3 saturated carbocycles. The minimum atomic E-state index is -0.822. The van der Waals surface area contributed by atoms with Gasteiger partial charge in [0.1, 0.15) is 17.2 Å². The molecule has 6 rings (SSSR count). The first-order valence-electron chi connectivity index (χ1n) is 9.66. The molecule has 150 valence electrons. The number of aliphatic carboxylic acids is 1. The molecule has 9 heteroatoms. The summed E-state index contributed by atoms with van der Waals surface area (Å²) < 4.78 is 28.2. The number of aromatic nitrogens is 4. The first-order chi connectivity index (χ1) is 14.0. The number of H-pyrrole nitrogens is 1. The molecular formula is C20H19F2N5O2. The zero-order valence-electron chi connectivity index (χ0n) is 15.4. The van der Waals surface area contributed by atoms with Gasteiger partial charge in [-0.05, 0) is 43.6 Å². The Morgan fingerprint density at radius 3 is 2.66 bits per heavy atom. The molecule has 0 saturated heterocycles. The first-order valence-corrected chi connectivity index (χ1v) is 9.66. The molecule has 3 heterocycles. The Hall–Kier alpha value is -3.10. The van der Waals surface area contributed by atoms with Crippen molar-refractivity contribution >= 4 is 23.0 Å². The summed E-state index contributed by atoms with van der Waals surface area (Å²) in [4.78, 5) is 27.0. The van der Waals surface area contributed by atoms with Crippen LogP contribution < -0.4 is 5.32 Å². The fourth-order valence-corrected chi connectivity index (χ4v) is 4.96. The van der Waals surface area contributed by atoms with Crippen molar-refractivity contribution in [2.24, 2.45) is 17.8 Å². The number of fused-ring (bicyclic) bond motifs is 4. The van der Waals surface area contributed by atoms with Crippen molar-refractivity contribution in [3.05, 3.63) is 36.3 Å². The quantitative estimate of drug-likeness (QED) is 0.619. The molecule has 3 aliphatic carbocycles. The van der Waals surface area contributed by atoms with Gasteiger partial charge in [0.15, 0.2) is 5.82 Å². The Labute approximate surface area is 164 Å². The van der Waals surface area contributed by atoms with E-state index in [0.717, 1.165) is 38.1 Å². The van der Waals surface area contributed by atoms with Gasteiger partial charge in [0, 0.05) is 23.2 Å². The maximum Gasteiger partial charge on any atom is 0.308 e. The van der Waals surface area contributed by atoms with Crippen LogP contribution in [0, 0.1) is 29.4 Å². The number of pyridine rings is 1. The molecule has 0 spiro atoms. The van der Waals surface area contributed by atoms with Gasteiger partial charge in [0.05, 0.1) is 18.3 Å². The van der Waals surface area contributed by atoms with E-state index >= 15 is 0 Å². The van der Waals surface area contributed by atoms with Crippen LogP contribution >= 0.6 is 0 Å². The van der Waals surface area contributed by atoms with Crippen LogP contribution in [0.25, 0.3) is 22.3 Å². The third-order valence-corrected chi connectivity index (χ3v) is 6.30. The van der Waals surface area contributed by atoms with E-state index in [1.807, 2.05) is 0 Å². The number of carbonyl (C=O) groups is 1. The van der Waals surface area contributed by atoms with Crippen LogP contribution in [-0.2, 0) is 4.79 Å². The van der Waals surface area contributed by atoms with Crippen molar-refractivity contribution in [1.29, 1.82) is 0 Å². The molecule has 1 unspecified atom stereocenters. The van der Waals surface area contributed by atoms with Gasteiger partial charge in [-0.3, -0.25) is 4.79 Å². The van der Waals surface area contributed by atoms with Gasteiger partial charge in [0.25, 0.3) is 0 Å². The summed E-state index contributed by atoms with van der Waals surface area (Å²) in [5, 5.41) is 13.3. The van der Waals surface area contributed by atoms with Crippen molar-refractivity contribution in [1.82, 2.24) is 19.9 Å². The Bertz CT molecular complexity index is 1090. The topological polar surface area (TPSA) is 104 Å². The lowest BCUT2D eigenvalue weighted by Crippen LogP contribution is -2.51. The van der Waals surface area contributed by atoms with Crippen molar-refractivity contribution in [2.75, 3.05) is 5.32 Å². The number of rotatable bonds is 4. The second-order valence-electron chi connectivity index (χ2n) is 7.85. The summed E-state index contributed by atoms with van der Waals surface area (Å²) in [5.41, 5.74) is 0.799. The molecule has 3 fully saturated rings. The van der Waals surface area contributed by atoms with E-state index in [1.54, 1.807) is 0 Å². The van der Waals surface area contributed by atoms with Crippen LogP contribution in [0.4, 0.5) is 14.7 Å². The molecule has 0 aliphatic heterocycles. The Kier molecular flexibility index (Phi) is 4.18. The number of hydrogen-bond acceptors (Lipinski definition) is 5. The van der Waals surface area contributed by atoms with Gasteiger partial charge in [0.2, 0.25) is 5.95 Å². The molecule has 2 bridgehead atoms. The Morgan fingerprint density at radius 2 is 1.90 bits per heavy atom. The van der Waals surface area contributed by atoms with Gasteiger partial charge < -0.3 is 15.4 Å². The van der Waals surface area contributed by atoms with Gasteiger partial charge >= 0.3 is 5.97 Å². The van der Waals surface area contributed by atoms with Crippen LogP contribution in [0.2, 0.25) is 0 Å². The van der Waals surface area contributed by atoms with Crippen LogP contribution in [0.3, 0.4) is 0 Å². The summed E-state index contributed by atoms with van der Waals surface area (Å²) in [6.45, 7) is 0. The first kappa shape index (κ1) is 18.0. The monoisotopic (exact) mass is 399 g/mol. The van der Waals surface area contributed by atoms with Gasteiger partial charge in [-0.15, -0.1) is 0 Å². The van der Waals surface area contributed by atoms with Crippen LogP contribution in [0.1, 0.15) is 25.7 Å². The maximum absolute atomic E-state index is 14.5. The van der Waals surface area contributed by atoms with Crippen LogP contribution in [-0.4, -0.2) is 37.1 Å². The highest BCUT2D eigenvalue weighted by atomic mass is 19.1. The number of anilines is 1. The minimum Gasteiger partial charge on any atom is -0.481 e. The molecule has 3 aliphatic rings. The minimum absolute atomic E-state index is 0.00833. The second-order valence-corrected chi connectivity index (χ2v) is 7.85. The van der Waals surface area contributed by atoms with E-state index in [1.165, 1.54) is 12.3 Å². The summed E-state index contributed by atoms with van der Waals surface area (Å²) in [5.74, 6) is -1.98. The Morgan fingerprint density at radius 1 is 1.14 bits per heavy atom. The summed E-state index contributed by atoms with van der Waals surface area (Å²) in [7, 11) is 0. The largest absolute Gasteiger partial charge is 0.481 e. The molecule has 3 N–H and O–H groups in total. The molecule has 0 aromatic carbocycles. The van der Waals surface area contributed by atoms with E-state index in [-0.39, 0.29) is 29.5 Å². The SMILES string of the molecule is O=C(O)[C@H]1C2CCC(CC2)C1Nc1ncc(F)c(-c2c[nH]c3ncc(F)cc23)n1. The van der Waals surface area contributed by atoms with E-state index in [9.17, 15) is 18.7 Å². The second kappa shape index (κ2) is 6.75. The number of nitrogens with zero attached hydrogens (tertiary/aromatic N) is 3. The highest BCUT2D eigenvalue weighted by molar-refractivity contribution is 5.92. The van der Waals surface area contributed by atoms with Gasteiger partial charge in [-0.2, -0.15) is 0 Å². The van der Waals surface area contributed by atoms with Gasteiger partial charge in [-0.1, -0.05) is 0 Å². The van der Waals surface area contributed by atoms with E-state index < -0.39 is 23.5 Å². The highest BCUT2D eigenvalue weighted by Crippen LogP contribution is 2.46. The molecule has 0 amide bonds. The zero-order valence-corrected chi connectivity index (χ0v) is 15.4. The van der Waals surface area contributed by atoms with Gasteiger partial charge in [-0.25, -0.2) is 23.7 Å². The summed E-state index contributed by atoms with van der Waals surface area (Å²) >= 11 is 0. The lowest BCUT2D eigenvalue weighted by atomic mass is 9.61. The highest BCUT2D eigenvalue weighted by Gasteiger charge is 2.47. The molecule has 29 heavy (non-hydrogen) atoms. The number of hydrogen-bond donors (Lipinski definition) is 3. The fraction of sp³-hybridized carbons (Fsp3) is 0.400. The normalized spacial score (nSPS) is 26.0. The average molecular weight is 399 g/mol. The number of carboxylic acid groups (broad SMARTS) is 1. The number of aromatic amines is 1. The smallest absolute Gasteiger partial charge is 0.308 e. The molecular weight excluding hydrogens is 380 g/mol. The fourth-order valence-electron chi connectivity index (χ4n) is 4.96. The molecule has 3 aromatic heterocycles. The van der Waals surface area contributed by atoms with Crippen LogP contribution in [0.5, 0.6) is 0 Å². The predicted molar refractivity (Wildman–Crippen MR) is 101 cm³/mol. The zero-order chi connectivity index (χ0) is 20.1. The van der Waals surface area contributed by atoms with Crippen molar-refractivity contribution in [2.45, 2.75) is 31.7 Å². The van der Waals surface area contributed by atoms with Crippen molar-refractivity contribution in [3.8, 4) is 11.3 Å². The number of carboxylic acids is 1. The molecule has 2 atom stereocenters. The lowest BCUT2D eigenvalue weighted by Gasteiger charge is -2.46. The van der Waals surface area contributed by atoms with Crippen molar-refractivity contribution in [3.63, 3.8) is 0 Å². The van der Waals surface area contributed by atoms with E-state index in [4.69, 9.17) is 0 Å². The average Bonchev–Trinajstić information content (AvgIpc) is 3.13. The summed E-state index contributed by atoms with van der Waals surface area (Å²) in [6, 6.07) is 0.976. The maximum atomic E-state index is 14.5. The van der Waals surface area contributed by atoms with Crippen molar-refractivity contribution < 1.29 is 18.7 Å². The standard InChI is InChI=1S/C20H19F2N5O2/c21-11-5-12-13(7-24-18(12)23-6-11)17-14(22)8-25-20(27-17)26-16-10-3-1-9(2-4-10)15(16)19(28)29/h5-10,15-16H,1-4H2,(H,23,24)(H,28,29)(H,25,26,27)/t9?,10?,15-,16?/m0/s1. The lowest BCUT2D eigenvalue weighted by molar-refractivity contribution is -0.148. The molecule has 0 radical (unpaired) electrons. The van der Waals surface area contributed by atoms with E-state index in [2.05, 4.69) is 25.3 Å². The van der Waals surface area contributed by atoms with E-state index in [0.29, 0.717) is 16.6 Å². The third-order valence-electron chi connectivity index (χ3n) is 6.30. The van der Waals surface area contributed by atoms with Crippen LogP contribution in [0.15, 0.2) is 24.7 Å². The summed E-state index contributed by atoms with van der Waals surface area (Å²) in [6.07, 6.45) is 7.42. The molecule has 7 nitrogen and oxygen atoms in total.